The molecular weight excluding hydrogens is 274 g/mol. The second-order valence-corrected chi connectivity index (χ2v) is 6.04. The van der Waals surface area contributed by atoms with E-state index in [1.807, 2.05) is 0 Å². The average Bonchev–Trinajstić information content (AvgIpc) is 2.91. The van der Waals surface area contributed by atoms with Crippen molar-refractivity contribution in [2.75, 3.05) is 0 Å². The van der Waals surface area contributed by atoms with Gasteiger partial charge in [-0.05, 0) is 39.5 Å². The molecule has 0 bridgehead atoms. The number of carbonyl (C=O) groups excluding carboxylic acids is 1. The number of nitro groups is 1. The molecule has 1 aromatic rings. The monoisotopic (exact) mass is 295 g/mol. The molecule has 8 nitrogen and oxygen atoms in total. The number of amides is 1. The Labute approximate surface area is 122 Å². The molecule has 1 aromatic heterocycles. The van der Waals surface area contributed by atoms with Gasteiger partial charge in [0.1, 0.15) is 17.9 Å². The Hall–Kier alpha value is -1.96. The highest BCUT2D eigenvalue weighted by Crippen LogP contribution is 2.21. The van der Waals surface area contributed by atoms with Gasteiger partial charge < -0.3 is 11.1 Å². The molecule has 0 saturated heterocycles. The molecule has 21 heavy (non-hydrogen) atoms. The van der Waals surface area contributed by atoms with E-state index in [1.54, 1.807) is 13.8 Å². The summed E-state index contributed by atoms with van der Waals surface area (Å²) in [5, 5.41) is 17.6. The maximum Gasteiger partial charge on any atom is 0.307 e. The number of aromatic nitrogens is 2. The van der Waals surface area contributed by atoms with Crippen LogP contribution < -0.4 is 11.1 Å². The molecule has 116 valence electrons. The van der Waals surface area contributed by atoms with E-state index < -0.39 is 10.5 Å². The zero-order valence-corrected chi connectivity index (χ0v) is 12.3. The molecule has 0 aliphatic heterocycles. The number of carbonyl (C=O) groups is 1. The predicted octanol–water partition coefficient (Wildman–Crippen LogP) is 0.912. The lowest BCUT2D eigenvalue weighted by atomic mass is 9.91. The molecule has 1 aliphatic carbocycles. The summed E-state index contributed by atoms with van der Waals surface area (Å²) in [5.41, 5.74) is 4.74. The van der Waals surface area contributed by atoms with Crippen molar-refractivity contribution in [3.8, 4) is 0 Å². The van der Waals surface area contributed by atoms with E-state index in [9.17, 15) is 14.9 Å². The lowest BCUT2D eigenvalue weighted by molar-refractivity contribution is -0.385. The number of hydrogen-bond acceptors (Lipinski definition) is 5. The molecule has 0 radical (unpaired) electrons. The summed E-state index contributed by atoms with van der Waals surface area (Å²) in [6, 6.07) is 0.335. The van der Waals surface area contributed by atoms with Crippen LogP contribution >= 0.6 is 0 Å². The molecule has 1 fully saturated rings. The van der Waals surface area contributed by atoms with Crippen LogP contribution in [0.1, 0.15) is 39.5 Å². The van der Waals surface area contributed by atoms with Gasteiger partial charge >= 0.3 is 5.69 Å². The summed E-state index contributed by atoms with van der Waals surface area (Å²) in [6.07, 6.45) is 5.95. The highest BCUT2D eigenvalue weighted by atomic mass is 16.6. The fourth-order valence-electron chi connectivity index (χ4n) is 2.44. The molecule has 0 atom stereocenters. The maximum atomic E-state index is 12.4. The minimum absolute atomic E-state index is 0.113. The van der Waals surface area contributed by atoms with Crippen LogP contribution in [0.5, 0.6) is 0 Å². The van der Waals surface area contributed by atoms with Gasteiger partial charge in [-0.1, -0.05) is 0 Å². The molecule has 0 aromatic carbocycles. The SMILES string of the molecule is CC(C)(C(=O)NC1CCC(N)CC1)n1cc([N+](=O)[O-])cn1. The first-order chi connectivity index (χ1) is 9.80. The summed E-state index contributed by atoms with van der Waals surface area (Å²) in [5.74, 6) is -0.194. The smallest absolute Gasteiger partial charge is 0.307 e. The first kappa shape index (κ1) is 15.4. The van der Waals surface area contributed by atoms with Crippen molar-refractivity contribution >= 4 is 11.6 Å². The lowest BCUT2D eigenvalue weighted by Crippen LogP contribution is -2.50. The van der Waals surface area contributed by atoms with Crippen molar-refractivity contribution in [2.45, 2.75) is 57.2 Å². The number of nitrogens with one attached hydrogen (secondary N) is 1. The van der Waals surface area contributed by atoms with E-state index in [0.29, 0.717) is 0 Å². The van der Waals surface area contributed by atoms with Crippen LogP contribution in [-0.4, -0.2) is 32.7 Å². The Morgan fingerprint density at radius 3 is 2.62 bits per heavy atom. The molecule has 1 aliphatic rings. The first-order valence-electron chi connectivity index (χ1n) is 7.07. The van der Waals surface area contributed by atoms with Crippen molar-refractivity contribution in [3.05, 3.63) is 22.5 Å². The molecule has 2 rings (SSSR count). The quantitative estimate of drug-likeness (QED) is 0.632. The van der Waals surface area contributed by atoms with Crippen LogP contribution in [0.3, 0.4) is 0 Å². The van der Waals surface area contributed by atoms with Crippen molar-refractivity contribution in [2.24, 2.45) is 5.73 Å². The first-order valence-corrected chi connectivity index (χ1v) is 7.07. The van der Waals surface area contributed by atoms with Crippen molar-refractivity contribution in [3.63, 3.8) is 0 Å². The summed E-state index contributed by atoms with van der Waals surface area (Å²) in [4.78, 5) is 22.6. The third-order valence-electron chi connectivity index (χ3n) is 4.02. The van der Waals surface area contributed by atoms with Crippen LogP contribution in [-0.2, 0) is 10.3 Å². The van der Waals surface area contributed by atoms with Gasteiger partial charge in [-0.2, -0.15) is 5.10 Å². The van der Waals surface area contributed by atoms with Crippen LogP contribution in [0, 0.1) is 10.1 Å². The summed E-state index contributed by atoms with van der Waals surface area (Å²) in [6.45, 7) is 3.38. The van der Waals surface area contributed by atoms with Crippen molar-refractivity contribution in [1.29, 1.82) is 0 Å². The molecule has 1 saturated carbocycles. The van der Waals surface area contributed by atoms with Crippen LogP contribution in [0.4, 0.5) is 5.69 Å². The predicted molar refractivity (Wildman–Crippen MR) is 76.6 cm³/mol. The Morgan fingerprint density at radius 2 is 2.10 bits per heavy atom. The van der Waals surface area contributed by atoms with Crippen LogP contribution in [0.15, 0.2) is 12.4 Å². The second kappa shape index (κ2) is 5.80. The molecule has 0 spiro atoms. The summed E-state index contributed by atoms with van der Waals surface area (Å²) >= 11 is 0. The Morgan fingerprint density at radius 1 is 1.48 bits per heavy atom. The van der Waals surface area contributed by atoms with E-state index in [-0.39, 0.29) is 23.7 Å². The van der Waals surface area contributed by atoms with E-state index in [2.05, 4.69) is 10.4 Å². The lowest BCUT2D eigenvalue weighted by Gasteiger charge is -2.31. The molecule has 0 unspecified atom stereocenters. The summed E-state index contributed by atoms with van der Waals surface area (Å²) < 4.78 is 1.33. The zero-order valence-electron chi connectivity index (χ0n) is 12.3. The minimum Gasteiger partial charge on any atom is -0.351 e. The average molecular weight is 295 g/mol. The third-order valence-corrected chi connectivity index (χ3v) is 4.02. The van der Waals surface area contributed by atoms with Gasteiger partial charge in [0.15, 0.2) is 0 Å². The number of nitrogens with zero attached hydrogens (tertiary/aromatic N) is 3. The maximum absolute atomic E-state index is 12.4. The van der Waals surface area contributed by atoms with E-state index in [4.69, 9.17) is 5.73 Å². The Balaban J connectivity index is 2.03. The molecule has 1 heterocycles. The van der Waals surface area contributed by atoms with Crippen molar-refractivity contribution in [1.82, 2.24) is 15.1 Å². The van der Waals surface area contributed by atoms with Crippen LogP contribution in [0.25, 0.3) is 0 Å². The van der Waals surface area contributed by atoms with Crippen LogP contribution in [0.2, 0.25) is 0 Å². The third kappa shape index (κ3) is 3.38. The van der Waals surface area contributed by atoms with Gasteiger partial charge in [0.25, 0.3) is 0 Å². The van der Waals surface area contributed by atoms with E-state index in [1.165, 1.54) is 10.9 Å². The standard InChI is InChI=1S/C13H21N5O3/c1-13(2,17-8-11(7-15-17)18(20)21)12(19)16-10-5-3-9(14)4-6-10/h7-10H,3-6,14H2,1-2H3,(H,16,19). The van der Waals surface area contributed by atoms with Gasteiger partial charge in [0.2, 0.25) is 5.91 Å². The zero-order chi connectivity index (χ0) is 15.6. The number of rotatable bonds is 4. The normalized spacial score (nSPS) is 22.8. The van der Waals surface area contributed by atoms with E-state index >= 15 is 0 Å². The minimum atomic E-state index is -0.978. The topological polar surface area (TPSA) is 116 Å². The second-order valence-electron chi connectivity index (χ2n) is 6.04. The van der Waals surface area contributed by atoms with Crippen molar-refractivity contribution < 1.29 is 9.72 Å². The molecule has 1 amide bonds. The van der Waals surface area contributed by atoms with Gasteiger partial charge in [0.05, 0.1) is 4.92 Å². The number of nitrogens with two attached hydrogens (primary N) is 1. The van der Waals surface area contributed by atoms with Gasteiger partial charge in [0, 0.05) is 12.1 Å². The number of hydrogen-bond donors (Lipinski definition) is 2. The fraction of sp³-hybridized carbons (Fsp3) is 0.692. The highest BCUT2D eigenvalue weighted by molar-refractivity contribution is 5.83. The Kier molecular flexibility index (Phi) is 4.26. The van der Waals surface area contributed by atoms with E-state index in [0.717, 1.165) is 31.9 Å². The molecule has 8 heteroatoms. The van der Waals surface area contributed by atoms with Gasteiger partial charge in [-0.15, -0.1) is 0 Å². The summed E-state index contributed by atoms with van der Waals surface area (Å²) in [7, 11) is 0. The fourth-order valence-corrected chi connectivity index (χ4v) is 2.44. The van der Waals surface area contributed by atoms with Gasteiger partial charge in [-0.25, -0.2) is 0 Å². The largest absolute Gasteiger partial charge is 0.351 e. The molecular formula is C13H21N5O3. The molecule has 3 N–H and O–H groups in total. The highest BCUT2D eigenvalue weighted by Gasteiger charge is 2.33. The Bertz CT molecular complexity index is 532. The van der Waals surface area contributed by atoms with Gasteiger partial charge in [-0.3, -0.25) is 19.6 Å².